The molecule has 0 bridgehead atoms. The molecule has 0 unspecified atom stereocenters. The first-order valence-corrected chi connectivity index (χ1v) is 11.1. The average Bonchev–Trinajstić information content (AvgIpc) is 3.24. The van der Waals surface area contributed by atoms with Gasteiger partial charge in [-0.25, -0.2) is 22.3 Å². The molecule has 148 valence electrons. The van der Waals surface area contributed by atoms with Gasteiger partial charge in [0.25, 0.3) is 0 Å². The predicted molar refractivity (Wildman–Crippen MR) is 98.6 cm³/mol. The number of piperidine rings is 1. The van der Waals surface area contributed by atoms with Gasteiger partial charge in [-0.1, -0.05) is 12.8 Å². The Kier molecular flexibility index (Phi) is 4.81. The van der Waals surface area contributed by atoms with E-state index in [1.807, 2.05) is 0 Å². The molecular weight excluding hydrogens is 373 g/mol. The SMILES string of the molecule is CS(=O)(=O)N1CC[C@@H](Nc2ncc3c(F)cc(C4CCCC4)n3n2)[C@H](O)C1. The Morgan fingerprint density at radius 1 is 1.30 bits per heavy atom. The first-order valence-electron chi connectivity index (χ1n) is 9.27. The summed E-state index contributed by atoms with van der Waals surface area (Å²) >= 11 is 0. The third-order valence-corrected chi connectivity index (χ3v) is 6.87. The zero-order valence-electron chi connectivity index (χ0n) is 15.2. The van der Waals surface area contributed by atoms with Crippen molar-refractivity contribution in [3.63, 3.8) is 0 Å². The number of fused-ring (bicyclic) bond motifs is 1. The number of nitrogens with zero attached hydrogens (tertiary/aromatic N) is 4. The van der Waals surface area contributed by atoms with Gasteiger partial charge < -0.3 is 10.4 Å². The van der Waals surface area contributed by atoms with Crippen LogP contribution in [0.3, 0.4) is 0 Å². The van der Waals surface area contributed by atoms with Crippen molar-refractivity contribution in [2.24, 2.45) is 0 Å². The van der Waals surface area contributed by atoms with E-state index in [4.69, 9.17) is 0 Å². The van der Waals surface area contributed by atoms with Gasteiger partial charge in [0.1, 0.15) is 5.52 Å². The molecule has 0 aromatic carbocycles. The maximum Gasteiger partial charge on any atom is 0.241 e. The molecule has 27 heavy (non-hydrogen) atoms. The van der Waals surface area contributed by atoms with Crippen molar-refractivity contribution in [1.82, 2.24) is 18.9 Å². The van der Waals surface area contributed by atoms with Crippen LogP contribution in [0.5, 0.6) is 0 Å². The van der Waals surface area contributed by atoms with E-state index in [0.29, 0.717) is 30.3 Å². The monoisotopic (exact) mass is 397 g/mol. The van der Waals surface area contributed by atoms with Crippen LogP contribution in [0.15, 0.2) is 12.3 Å². The number of β-amino-alcohol motifs (C(OH)–C–C–N with tert-alkyl or cyclic N) is 1. The zero-order valence-corrected chi connectivity index (χ0v) is 16.0. The number of nitrogens with one attached hydrogen (secondary N) is 1. The van der Waals surface area contributed by atoms with E-state index in [1.165, 1.54) is 10.5 Å². The third-order valence-electron chi connectivity index (χ3n) is 5.60. The van der Waals surface area contributed by atoms with Crippen LogP contribution in [0, 0.1) is 5.82 Å². The Bertz CT molecular complexity index is 941. The number of anilines is 1. The van der Waals surface area contributed by atoms with Crippen LogP contribution in [0.4, 0.5) is 10.3 Å². The van der Waals surface area contributed by atoms with Gasteiger partial charge >= 0.3 is 0 Å². The Balaban J connectivity index is 1.55. The molecule has 0 radical (unpaired) electrons. The molecule has 1 aliphatic carbocycles. The van der Waals surface area contributed by atoms with Crippen LogP contribution in [-0.2, 0) is 10.0 Å². The maximum absolute atomic E-state index is 14.2. The minimum Gasteiger partial charge on any atom is -0.390 e. The summed E-state index contributed by atoms with van der Waals surface area (Å²) in [7, 11) is -3.33. The average molecular weight is 397 g/mol. The van der Waals surface area contributed by atoms with Crippen LogP contribution in [0.25, 0.3) is 5.52 Å². The summed E-state index contributed by atoms with van der Waals surface area (Å²) in [6, 6.07) is 1.18. The molecule has 8 nitrogen and oxygen atoms in total. The number of halogens is 1. The van der Waals surface area contributed by atoms with Crippen molar-refractivity contribution in [3.8, 4) is 0 Å². The summed E-state index contributed by atoms with van der Waals surface area (Å²) < 4.78 is 40.4. The summed E-state index contributed by atoms with van der Waals surface area (Å²) in [5, 5.41) is 17.9. The molecule has 2 N–H and O–H groups in total. The number of aliphatic hydroxyl groups excluding tert-OH is 1. The fourth-order valence-corrected chi connectivity index (χ4v) is 4.95. The Morgan fingerprint density at radius 3 is 2.70 bits per heavy atom. The highest BCUT2D eigenvalue weighted by Crippen LogP contribution is 2.35. The molecule has 0 spiro atoms. The number of aromatic nitrogens is 3. The molecule has 2 aromatic heterocycles. The first kappa shape index (κ1) is 18.6. The zero-order chi connectivity index (χ0) is 19.2. The van der Waals surface area contributed by atoms with Gasteiger partial charge in [-0.15, -0.1) is 5.10 Å². The number of aliphatic hydroxyl groups is 1. The van der Waals surface area contributed by atoms with Gasteiger partial charge in [-0.05, 0) is 25.3 Å². The van der Waals surface area contributed by atoms with Gasteiger partial charge in [0.05, 0.1) is 24.6 Å². The molecule has 10 heteroatoms. The van der Waals surface area contributed by atoms with Crippen molar-refractivity contribution in [1.29, 1.82) is 0 Å². The topological polar surface area (TPSA) is 99.8 Å². The molecule has 1 saturated heterocycles. The summed E-state index contributed by atoms with van der Waals surface area (Å²) in [6.07, 6.45) is 6.48. The fraction of sp³-hybridized carbons (Fsp3) is 0.647. The molecule has 2 fully saturated rings. The fourth-order valence-electron chi connectivity index (χ4n) is 4.09. The van der Waals surface area contributed by atoms with E-state index in [1.54, 1.807) is 10.6 Å². The molecule has 4 rings (SSSR count). The Labute approximate surface area is 157 Å². The number of hydrogen-bond acceptors (Lipinski definition) is 6. The third kappa shape index (κ3) is 3.65. The minimum atomic E-state index is -3.33. The summed E-state index contributed by atoms with van der Waals surface area (Å²) in [5.41, 5.74) is 1.20. The molecule has 1 aliphatic heterocycles. The molecule has 1 saturated carbocycles. The van der Waals surface area contributed by atoms with Gasteiger partial charge in [-0.2, -0.15) is 4.31 Å². The lowest BCUT2D eigenvalue weighted by molar-refractivity contribution is 0.0950. The highest BCUT2D eigenvalue weighted by atomic mass is 32.2. The van der Waals surface area contributed by atoms with Gasteiger partial charge in [-0.3, -0.25) is 0 Å². The summed E-state index contributed by atoms with van der Waals surface area (Å²) in [6.45, 7) is 0.353. The van der Waals surface area contributed by atoms with Crippen molar-refractivity contribution in [2.45, 2.75) is 50.2 Å². The van der Waals surface area contributed by atoms with Gasteiger partial charge in [0.15, 0.2) is 5.82 Å². The highest BCUT2D eigenvalue weighted by Gasteiger charge is 2.32. The van der Waals surface area contributed by atoms with Crippen molar-refractivity contribution < 1.29 is 17.9 Å². The lowest BCUT2D eigenvalue weighted by Crippen LogP contribution is -2.51. The van der Waals surface area contributed by atoms with Crippen LogP contribution in [0.1, 0.15) is 43.7 Å². The van der Waals surface area contributed by atoms with Crippen LogP contribution >= 0.6 is 0 Å². The van der Waals surface area contributed by atoms with Gasteiger partial charge in [0.2, 0.25) is 16.0 Å². The lowest BCUT2D eigenvalue weighted by Gasteiger charge is -2.34. The van der Waals surface area contributed by atoms with Crippen molar-refractivity contribution in [3.05, 3.63) is 23.8 Å². The second-order valence-electron chi connectivity index (χ2n) is 7.51. The number of sulfonamides is 1. The summed E-state index contributed by atoms with van der Waals surface area (Å²) in [5.74, 6) is 0.271. The number of rotatable bonds is 4. The molecular formula is C17H24FN5O3S. The van der Waals surface area contributed by atoms with Crippen LogP contribution in [0.2, 0.25) is 0 Å². The van der Waals surface area contributed by atoms with E-state index in [9.17, 15) is 17.9 Å². The predicted octanol–water partition coefficient (Wildman–Crippen LogP) is 1.33. The van der Waals surface area contributed by atoms with E-state index in [0.717, 1.165) is 37.6 Å². The lowest BCUT2D eigenvalue weighted by atomic mass is 10.0. The summed E-state index contributed by atoms with van der Waals surface area (Å²) in [4.78, 5) is 4.18. The quantitative estimate of drug-likeness (QED) is 0.808. The smallest absolute Gasteiger partial charge is 0.241 e. The first-order chi connectivity index (χ1) is 12.8. The number of hydrogen-bond donors (Lipinski definition) is 2. The van der Waals surface area contributed by atoms with Crippen LogP contribution < -0.4 is 5.32 Å². The largest absolute Gasteiger partial charge is 0.390 e. The molecule has 2 atom stereocenters. The Hall–Kier alpha value is -1.78. The van der Waals surface area contributed by atoms with E-state index >= 15 is 0 Å². The Morgan fingerprint density at radius 2 is 2.04 bits per heavy atom. The minimum absolute atomic E-state index is 0.0320. The van der Waals surface area contributed by atoms with E-state index < -0.39 is 16.1 Å². The second kappa shape index (κ2) is 6.99. The van der Waals surface area contributed by atoms with E-state index in [2.05, 4.69) is 15.4 Å². The molecule has 2 aliphatic rings. The highest BCUT2D eigenvalue weighted by molar-refractivity contribution is 7.88. The van der Waals surface area contributed by atoms with E-state index in [-0.39, 0.29) is 18.4 Å². The normalized spacial score (nSPS) is 25.3. The van der Waals surface area contributed by atoms with Crippen molar-refractivity contribution in [2.75, 3.05) is 24.7 Å². The maximum atomic E-state index is 14.2. The molecule has 2 aromatic rings. The standard InChI is InChI=1S/C17H24FN5O3S/c1-27(25,26)22-7-6-13(16(24)10-22)20-17-19-9-15-12(18)8-14(23(15)21-17)11-4-2-3-5-11/h8-9,11,13,16,24H,2-7,10H2,1H3,(H,20,21)/t13-,16-/m1/s1. The van der Waals surface area contributed by atoms with Crippen LogP contribution in [-0.4, -0.2) is 63.9 Å². The van der Waals surface area contributed by atoms with Gasteiger partial charge in [0, 0.05) is 24.7 Å². The molecule has 3 heterocycles. The second-order valence-corrected chi connectivity index (χ2v) is 9.49. The van der Waals surface area contributed by atoms with Crippen molar-refractivity contribution >= 4 is 21.5 Å². The molecule has 0 amide bonds.